The lowest BCUT2D eigenvalue weighted by molar-refractivity contribution is -0.140. The maximum Gasteiger partial charge on any atom is 0.408 e. The van der Waals surface area contributed by atoms with Gasteiger partial charge in [0.15, 0.2) is 0 Å². The summed E-state index contributed by atoms with van der Waals surface area (Å²) >= 11 is 0. The van der Waals surface area contributed by atoms with Crippen molar-refractivity contribution < 1.29 is 29.0 Å². The van der Waals surface area contributed by atoms with E-state index in [9.17, 15) is 19.5 Å². The molecule has 0 saturated heterocycles. The van der Waals surface area contributed by atoms with Gasteiger partial charge in [-0.3, -0.25) is 0 Å². The van der Waals surface area contributed by atoms with Gasteiger partial charge in [0.05, 0.1) is 0 Å². The first-order valence-corrected chi connectivity index (χ1v) is 8.87. The summed E-state index contributed by atoms with van der Waals surface area (Å²) in [5.74, 6) is -0.919. The average molecular weight is 370 g/mol. The van der Waals surface area contributed by atoms with E-state index >= 15 is 0 Å². The number of aliphatic carboxylic acids is 1. The molecule has 0 unspecified atom stereocenters. The Morgan fingerprint density at radius 3 is 2.31 bits per heavy atom. The minimum Gasteiger partial charge on any atom is -0.480 e. The quantitative estimate of drug-likeness (QED) is 0.594. The molecule has 0 aromatic heterocycles. The summed E-state index contributed by atoms with van der Waals surface area (Å²) in [6.07, 6.45) is 3.66. The van der Waals surface area contributed by atoms with E-state index in [1.165, 1.54) is 6.08 Å². The first-order chi connectivity index (χ1) is 12.1. The van der Waals surface area contributed by atoms with Crippen molar-refractivity contribution >= 4 is 18.2 Å². The number of hydrogen-bond donors (Lipinski definition) is 3. The van der Waals surface area contributed by atoms with Gasteiger partial charge in [0.25, 0.3) is 0 Å². The Kier molecular flexibility index (Phi) is 8.41. The van der Waals surface area contributed by atoms with E-state index in [0.29, 0.717) is 6.42 Å². The van der Waals surface area contributed by atoms with Gasteiger partial charge in [-0.05, 0) is 58.8 Å². The van der Waals surface area contributed by atoms with Crippen LogP contribution >= 0.6 is 0 Å². The molecule has 0 spiro atoms. The van der Waals surface area contributed by atoms with E-state index in [1.807, 2.05) is 0 Å². The van der Waals surface area contributed by atoms with Gasteiger partial charge >= 0.3 is 18.2 Å². The molecule has 1 saturated carbocycles. The molecule has 8 nitrogen and oxygen atoms in total. The van der Waals surface area contributed by atoms with Gasteiger partial charge in [-0.15, -0.1) is 0 Å². The summed E-state index contributed by atoms with van der Waals surface area (Å²) in [6.45, 7) is 8.80. The third-order valence-electron chi connectivity index (χ3n) is 4.06. The zero-order chi connectivity index (χ0) is 19.7. The molecule has 0 radical (unpaired) electrons. The van der Waals surface area contributed by atoms with Gasteiger partial charge in [0.2, 0.25) is 0 Å². The summed E-state index contributed by atoms with van der Waals surface area (Å²) < 4.78 is 10.0. The van der Waals surface area contributed by atoms with Crippen LogP contribution in [0.2, 0.25) is 0 Å². The Morgan fingerprint density at radius 1 is 1.19 bits per heavy atom. The third kappa shape index (κ3) is 8.73. The minimum absolute atomic E-state index is 0.0191. The zero-order valence-corrected chi connectivity index (χ0v) is 15.7. The van der Waals surface area contributed by atoms with Gasteiger partial charge in [0, 0.05) is 6.04 Å². The van der Waals surface area contributed by atoms with Crippen molar-refractivity contribution in [1.82, 2.24) is 10.6 Å². The fourth-order valence-electron chi connectivity index (χ4n) is 2.89. The highest BCUT2D eigenvalue weighted by molar-refractivity contribution is 5.80. The molecule has 0 aliphatic heterocycles. The Balaban J connectivity index is 2.42. The summed E-state index contributed by atoms with van der Waals surface area (Å²) in [4.78, 5) is 34.8. The average Bonchev–Trinajstić information content (AvgIpc) is 2.52. The van der Waals surface area contributed by atoms with Gasteiger partial charge in [-0.1, -0.05) is 12.7 Å². The van der Waals surface area contributed by atoms with E-state index in [1.54, 1.807) is 20.8 Å². The second-order valence-corrected chi connectivity index (χ2v) is 7.52. The Morgan fingerprint density at radius 2 is 1.81 bits per heavy atom. The van der Waals surface area contributed by atoms with Crippen LogP contribution in [0.25, 0.3) is 0 Å². The summed E-state index contributed by atoms with van der Waals surface area (Å²) in [5, 5.41) is 14.6. The standard InChI is InChI=1S/C18H30N2O6/c1-5-10-25-16(23)19-13-8-6-12(7-9-13)11-14(15(21)22)20-17(24)26-18(2,3)4/h5,12-14H,1,6-11H2,2-4H3,(H,19,23)(H,20,24)(H,21,22)/t12?,13?,14-/m1/s1. The lowest BCUT2D eigenvalue weighted by Gasteiger charge is -2.30. The Bertz CT molecular complexity index is 506. The van der Waals surface area contributed by atoms with Crippen LogP contribution in [0.3, 0.4) is 0 Å². The first-order valence-electron chi connectivity index (χ1n) is 8.87. The lowest BCUT2D eigenvalue weighted by Crippen LogP contribution is -2.45. The summed E-state index contributed by atoms with van der Waals surface area (Å²) in [5.41, 5.74) is -0.683. The number of rotatable bonds is 7. The predicted molar refractivity (Wildman–Crippen MR) is 95.8 cm³/mol. The van der Waals surface area contributed by atoms with Crippen LogP contribution in [-0.2, 0) is 14.3 Å². The van der Waals surface area contributed by atoms with Crippen molar-refractivity contribution in [2.75, 3.05) is 6.61 Å². The second-order valence-electron chi connectivity index (χ2n) is 7.52. The minimum atomic E-state index is -1.08. The van der Waals surface area contributed by atoms with Gasteiger partial charge < -0.3 is 25.2 Å². The SMILES string of the molecule is C=CCOC(=O)NC1CCC(C[C@@H](NC(=O)OC(C)(C)C)C(=O)O)CC1. The molecule has 0 bridgehead atoms. The van der Waals surface area contributed by atoms with Crippen molar-refractivity contribution in [2.45, 2.75) is 70.6 Å². The van der Waals surface area contributed by atoms with Gasteiger partial charge in [-0.2, -0.15) is 0 Å². The summed E-state index contributed by atoms with van der Waals surface area (Å²) in [6, 6.07) is -0.970. The molecular weight excluding hydrogens is 340 g/mol. The molecule has 1 fully saturated rings. The summed E-state index contributed by atoms with van der Waals surface area (Å²) in [7, 11) is 0. The highest BCUT2D eigenvalue weighted by Gasteiger charge is 2.30. The number of carboxylic acid groups (broad SMARTS) is 1. The van der Waals surface area contributed by atoms with E-state index in [-0.39, 0.29) is 18.6 Å². The molecule has 1 aliphatic rings. The van der Waals surface area contributed by atoms with Crippen LogP contribution in [0.5, 0.6) is 0 Å². The number of alkyl carbamates (subject to hydrolysis) is 2. The predicted octanol–water partition coefficient (Wildman–Crippen LogP) is 2.83. The van der Waals surface area contributed by atoms with Crippen molar-refractivity contribution in [3.63, 3.8) is 0 Å². The van der Waals surface area contributed by atoms with Crippen LogP contribution in [0.15, 0.2) is 12.7 Å². The van der Waals surface area contributed by atoms with Crippen LogP contribution in [0.1, 0.15) is 52.9 Å². The normalized spacial score (nSPS) is 21.2. The van der Waals surface area contributed by atoms with Gasteiger partial charge in [0.1, 0.15) is 18.2 Å². The van der Waals surface area contributed by atoms with Crippen molar-refractivity contribution in [3.05, 3.63) is 12.7 Å². The fourth-order valence-corrected chi connectivity index (χ4v) is 2.89. The highest BCUT2D eigenvalue weighted by Crippen LogP contribution is 2.28. The maximum absolute atomic E-state index is 11.8. The number of carbonyl (C=O) groups is 3. The van der Waals surface area contributed by atoms with Crippen LogP contribution in [0, 0.1) is 5.92 Å². The second kappa shape index (κ2) is 10.0. The largest absolute Gasteiger partial charge is 0.480 e. The molecule has 148 valence electrons. The molecule has 2 amide bonds. The van der Waals surface area contributed by atoms with Crippen LogP contribution in [0.4, 0.5) is 9.59 Å². The van der Waals surface area contributed by atoms with E-state index in [2.05, 4.69) is 17.2 Å². The number of amides is 2. The smallest absolute Gasteiger partial charge is 0.408 e. The van der Waals surface area contributed by atoms with E-state index in [0.717, 1.165) is 25.7 Å². The lowest BCUT2D eigenvalue weighted by atomic mass is 9.82. The molecule has 1 atom stereocenters. The zero-order valence-electron chi connectivity index (χ0n) is 15.7. The highest BCUT2D eigenvalue weighted by atomic mass is 16.6. The molecular formula is C18H30N2O6. The van der Waals surface area contributed by atoms with Crippen molar-refractivity contribution in [2.24, 2.45) is 5.92 Å². The van der Waals surface area contributed by atoms with E-state index in [4.69, 9.17) is 9.47 Å². The first kappa shape index (κ1) is 21.8. The third-order valence-corrected chi connectivity index (χ3v) is 4.06. The van der Waals surface area contributed by atoms with E-state index < -0.39 is 29.8 Å². The number of hydrogen-bond acceptors (Lipinski definition) is 5. The topological polar surface area (TPSA) is 114 Å². The van der Waals surface area contributed by atoms with Crippen LogP contribution in [-0.4, -0.2) is 47.6 Å². The Hall–Kier alpha value is -2.25. The molecule has 0 heterocycles. The number of ether oxygens (including phenoxy) is 2. The molecule has 3 N–H and O–H groups in total. The molecule has 0 aromatic rings. The Labute approximate surface area is 154 Å². The molecule has 26 heavy (non-hydrogen) atoms. The number of carbonyl (C=O) groups excluding carboxylic acids is 2. The molecule has 1 rings (SSSR count). The van der Waals surface area contributed by atoms with Crippen molar-refractivity contribution in [1.29, 1.82) is 0 Å². The van der Waals surface area contributed by atoms with Crippen LogP contribution < -0.4 is 10.6 Å². The van der Waals surface area contributed by atoms with Gasteiger partial charge in [-0.25, -0.2) is 14.4 Å². The number of carboxylic acids is 1. The fraction of sp³-hybridized carbons (Fsp3) is 0.722. The number of nitrogens with one attached hydrogen (secondary N) is 2. The van der Waals surface area contributed by atoms with Crippen molar-refractivity contribution in [3.8, 4) is 0 Å². The molecule has 0 aromatic carbocycles. The maximum atomic E-state index is 11.8. The molecule has 1 aliphatic carbocycles. The monoisotopic (exact) mass is 370 g/mol. The molecule has 8 heteroatoms.